The number of benzene rings is 2. The van der Waals surface area contributed by atoms with Crippen LogP contribution in [0.4, 0.5) is 5.95 Å². The lowest BCUT2D eigenvalue weighted by molar-refractivity contribution is -0.148. The maximum Gasteiger partial charge on any atom is 0.311 e. The minimum Gasteiger partial charge on any atom is -0.488 e. The second kappa shape index (κ2) is 10.5. The van der Waals surface area contributed by atoms with Crippen LogP contribution in [-0.2, 0) is 29.1 Å². The number of carboxylic acids is 1. The maximum atomic E-state index is 11.9. The molecule has 2 aromatic carbocycles. The third kappa shape index (κ3) is 4.84. The molecule has 2 atom stereocenters. The molecule has 1 aromatic heterocycles. The van der Waals surface area contributed by atoms with Gasteiger partial charge in [-0.25, -0.2) is 9.97 Å². The monoisotopic (exact) mass is 542 g/mol. The SMILES string of the molecule is Cc1cc(COc2c(C)cccc2-c2ccnc(N3C[C@H](C)[C@@](C)(C(=O)O)C3)n2)cc2c1CN(C1COC1)CC2. The molecule has 0 unspecified atom stereocenters. The molecule has 0 bridgehead atoms. The van der Waals surface area contributed by atoms with Gasteiger partial charge in [-0.15, -0.1) is 0 Å². The van der Waals surface area contributed by atoms with Gasteiger partial charge in [0, 0.05) is 37.9 Å². The molecule has 0 spiro atoms. The number of hydrogen-bond acceptors (Lipinski definition) is 7. The van der Waals surface area contributed by atoms with Crippen LogP contribution in [0.3, 0.4) is 0 Å². The van der Waals surface area contributed by atoms with E-state index in [-0.39, 0.29) is 5.92 Å². The van der Waals surface area contributed by atoms with E-state index in [1.54, 1.807) is 13.1 Å². The number of hydrogen-bond donors (Lipinski definition) is 1. The van der Waals surface area contributed by atoms with E-state index in [0.717, 1.165) is 55.3 Å². The number of aromatic nitrogens is 2. The van der Waals surface area contributed by atoms with Crippen molar-refractivity contribution in [2.75, 3.05) is 37.7 Å². The van der Waals surface area contributed by atoms with Crippen LogP contribution in [0.5, 0.6) is 5.75 Å². The second-order valence-corrected chi connectivity index (χ2v) is 11.9. The summed E-state index contributed by atoms with van der Waals surface area (Å²) in [5.74, 6) is 0.569. The van der Waals surface area contributed by atoms with Gasteiger partial charge in [-0.1, -0.05) is 31.2 Å². The summed E-state index contributed by atoms with van der Waals surface area (Å²) in [6.45, 7) is 13.3. The topological polar surface area (TPSA) is 88.0 Å². The normalized spacial score (nSPS) is 23.1. The van der Waals surface area contributed by atoms with Crippen molar-refractivity contribution in [3.05, 3.63) is 70.4 Å². The molecule has 40 heavy (non-hydrogen) atoms. The molecule has 8 nitrogen and oxygen atoms in total. The van der Waals surface area contributed by atoms with Gasteiger partial charge in [-0.05, 0) is 73.1 Å². The van der Waals surface area contributed by atoms with Crippen molar-refractivity contribution in [2.45, 2.75) is 53.3 Å². The van der Waals surface area contributed by atoms with Crippen LogP contribution >= 0.6 is 0 Å². The first-order valence-corrected chi connectivity index (χ1v) is 14.2. The Bertz CT molecular complexity index is 1440. The molecule has 0 radical (unpaired) electrons. The van der Waals surface area contributed by atoms with Crippen molar-refractivity contribution >= 4 is 11.9 Å². The van der Waals surface area contributed by atoms with Gasteiger partial charge >= 0.3 is 5.97 Å². The molecule has 3 aliphatic rings. The Morgan fingerprint density at radius 1 is 1.20 bits per heavy atom. The molecule has 0 amide bonds. The molecule has 4 heterocycles. The minimum absolute atomic E-state index is 0.00880. The number of para-hydroxylation sites is 1. The summed E-state index contributed by atoms with van der Waals surface area (Å²) in [5, 5.41) is 9.80. The van der Waals surface area contributed by atoms with Crippen molar-refractivity contribution in [1.82, 2.24) is 14.9 Å². The van der Waals surface area contributed by atoms with Crippen molar-refractivity contribution in [3.8, 4) is 17.0 Å². The zero-order valence-electron chi connectivity index (χ0n) is 23.8. The van der Waals surface area contributed by atoms with E-state index < -0.39 is 11.4 Å². The highest BCUT2D eigenvalue weighted by atomic mass is 16.5. The standard InChI is InChI=1S/C32H38N4O4/c1-20-6-5-7-26(28-8-10-33-31(34-28)36-14-22(3)32(4,19-36)30(37)38)29(20)40-16-23-12-21(2)27-15-35(25-17-39-18-25)11-9-24(27)13-23/h5-8,10,12-13,22,25H,9,11,14-19H2,1-4H3,(H,37,38)/t22-,32-/m0/s1. The van der Waals surface area contributed by atoms with Crippen LogP contribution in [0.1, 0.15) is 41.7 Å². The largest absolute Gasteiger partial charge is 0.488 e. The van der Waals surface area contributed by atoms with Gasteiger partial charge in [0.1, 0.15) is 12.4 Å². The Kier molecular flexibility index (Phi) is 7.00. The number of fused-ring (bicyclic) bond motifs is 1. The summed E-state index contributed by atoms with van der Waals surface area (Å²) < 4.78 is 11.9. The van der Waals surface area contributed by atoms with E-state index in [9.17, 15) is 9.90 Å². The fourth-order valence-electron chi connectivity index (χ4n) is 6.23. The van der Waals surface area contributed by atoms with E-state index in [2.05, 4.69) is 41.9 Å². The van der Waals surface area contributed by atoms with Crippen molar-refractivity contribution in [2.24, 2.45) is 11.3 Å². The molecule has 210 valence electrons. The number of aliphatic carboxylic acids is 1. The Labute approximate surface area is 236 Å². The van der Waals surface area contributed by atoms with Crippen LogP contribution in [0, 0.1) is 25.2 Å². The number of rotatable bonds is 7. The van der Waals surface area contributed by atoms with E-state index in [1.165, 1.54) is 22.3 Å². The van der Waals surface area contributed by atoms with Crippen LogP contribution in [-0.4, -0.2) is 64.8 Å². The Morgan fingerprint density at radius 3 is 2.75 bits per heavy atom. The summed E-state index contributed by atoms with van der Waals surface area (Å²) >= 11 is 0. The van der Waals surface area contributed by atoms with E-state index >= 15 is 0 Å². The lowest BCUT2D eigenvalue weighted by Crippen LogP contribution is -2.50. The number of carboxylic acid groups (broad SMARTS) is 1. The first-order chi connectivity index (χ1) is 19.2. The summed E-state index contributed by atoms with van der Waals surface area (Å²) in [4.78, 5) is 25.8. The number of nitrogens with zero attached hydrogens (tertiary/aromatic N) is 4. The molecule has 3 aromatic rings. The summed E-state index contributed by atoms with van der Waals surface area (Å²) in [5.41, 5.74) is 7.25. The highest BCUT2D eigenvalue weighted by molar-refractivity contribution is 5.77. The molecule has 3 aliphatic heterocycles. The van der Waals surface area contributed by atoms with Gasteiger partial charge in [0.15, 0.2) is 0 Å². The Hall–Kier alpha value is -3.49. The van der Waals surface area contributed by atoms with Crippen LogP contribution in [0.2, 0.25) is 0 Å². The number of anilines is 1. The van der Waals surface area contributed by atoms with Crippen molar-refractivity contribution in [3.63, 3.8) is 0 Å². The average molecular weight is 543 g/mol. The van der Waals surface area contributed by atoms with Crippen molar-refractivity contribution in [1.29, 1.82) is 0 Å². The molecular formula is C32H38N4O4. The van der Waals surface area contributed by atoms with Gasteiger partial charge in [0.25, 0.3) is 0 Å². The van der Waals surface area contributed by atoms with Gasteiger partial charge in [-0.2, -0.15) is 0 Å². The predicted molar refractivity (Wildman–Crippen MR) is 154 cm³/mol. The number of carbonyl (C=O) groups is 1. The van der Waals surface area contributed by atoms with E-state index in [4.69, 9.17) is 14.5 Å². The summed E-state index contributed by atoms with van der Waals surface area (Å²) in [7, 11) is 0. The molecule has 2 saturated heterocycles. The zero-order valence-corrected chi connectivity index (χ0v) is 23.8. The van der Waals surface area contributed by atoms with Gasteiger partial charge in [0.2, 0.25) is 5.95 Å². The molecule has 0 aliphatic carbocycles. The zero-order chi connectivity index (χ0) is 28.0. The third-order valence-electron chi connectivity index (χ3n) is 9.18. The Morgan fingerprint density at radius 2 is 2.02 bits per heavy atom. The summed E-state index contributed by atoms with van der Waals surface area (Å²) in [6, 6.07) is 13.1. The maximum absolute atomic E-state index is 11.9. The molecule has 8 heteroatoms. The van der Waals surface area contributed by atoms with Gasteiger partial charge < -0.3 is 19.5 Å². The first kappa shape index (κ1) is 26.7. The fourth-order valence-corrected chi connectivity index (χ4v) is 6.23. The molecule has 1 N–H and O–H groups in total. The molecular weight excluding hydrogens is 504 g/mol. The van der Waals surface area contributed by atoms with Gasteiger partial charge in [-0.3, -0.25) is 9.69 Å². The van der Waals surface area contributed by atoms with E-state index in [1.807, 2.05) is 30.0 Å². The summed E-state index contributed by atoms with van der Waals surface area (Å²) in [6.07, 6.45) is 2.80. The van der Waals surface area contributed by atoms with Crippen LogP contribution in [0.15, 0.2) is 42.6 Å². The van der Waals surface area contributed by atoms with Crippen LogP contribution in [0.25, 0.3) is 11.3 Å². The van der Waals surface area contributed by atoms with Crippen LogP contribution < -0.4 is 9.64 Å². The highest BCUT2D eigenvalue weighted by Crippen LogP contribution is 2.38. The molecule has 6 rings (SSSR count). The lowest BCUT2D eigenvalue weighted by Gasteiger charge is -2.40. The minimum atomic E-state index is -0.826. The smallest absolute Gasteiger partial charge is 0.311 e. The highest BCUT2D eigenvalue weighted by Gasteiger charge is 2.47. The lowest BCUT2D eigenvalue weighted by atomic mass is 9.81. The van der Waals surface area contributed by atoms with E-state index in [0.29, 0.717) is 31.7 Å². The average Bonchev–Trinajstić information content (AvgIpc) is 3.23. The quantitative estimate of drug-likeness (QED) is 0.462. The first-order valence-electron chi connectivity index (χ1n) is 14.2. The molecule has 2 fully saturated rings. The predicted octanol–water partition coefficient (Wildman–Crippen LogP) is 4.64. The molecule has 0 saturated carbocycles. The Balaban J connectivity index is 1.22. The number of ether oxygens (including phenoxy) is 2. The number of aryl methyl sites for hydroxylation is 2. The fraction of sp³-hybridized carbons (Fsp3) is 0.469. The third-order valence-corrected chi connectivity index (χ3v) is 9.18. The van der Waals surface area contributed by atoms with Gasteiger partial charge in [0.05, 0.1) is 30.4 Å². The van der Waals surface area contributed by atoms with Crippen molar-refractivity contribution < 1.29 is 19.4 Å². The second-order valence-electron chi connectivity index (χ2n) is 11.9.